The van der Waals surface area contributed by atoms with Crippen LogP contribution in [0.1, 0.15) is 63.0 Å². The Bertz CT molecular complexity index is 1350. The van der Waals surface area contributed by atoms with Gasteiger partial charge in [-0.05, 0) is 60.3 Å². The van der Waals surface area contributed by atoms with Crippen molar-refractivity contribution >= 4 is 40.6 Å². The molecule has 38 heavy (non-hydrogen) atoms. The minimum Gasteiger partial charge on any atom is -0.508 e. The molecule has 6 N–H and O–H groups in total. The van der Waals surface area contributed by atoms with E-state index in [0.717, 1.165) is 48.8 Å². The van der Waals surface area contributed by atoms with Crippen LogP contribution in [0.25, 0.3) is 0 Å². The lowest BCUT2D eigenvalue weighted by Gasteiger charge is -2.32. The van der Waals surface area contributed by atoms with Crippen LogP contribution in [0, 0.1) is 0 Å². The number of nitrogens with two attached hydrogens (primary N) is 2. The highest BCUT2D eigenvalue weighted by molar-refractivity contribution is 7.09. The Morgan fingerprint density at radius 1 is 1.11 bits per heavy atom. The molecular weight excluding hydrogens is 523 g/mol. The fraction of sp³-hybridized carbons (Fsp3) is 0.280. The van der Waals surface area contributed by atoms with Gasteiger partial charge < -0.3 is 21.9 Å². The molecule has 1 atom stereocenters. The monoisotopic (exact) mass is 547 g/mol. The van der Waals surface area contributed by atoms with Crippen molar-refractivity contribution in [3.8, 4) is 5.75 Å². The van der Waals surface area contributed by atoms with E-state index in [9.17, 15) is 32.7 Å². The minimum atomic E-state index is -4.73. The van der Waals surface area contributed by atoms with Crippen molar-refractivity contribution in [2.24, 2.45) is 5.73 Å². The minimum absolute atomic E-state index is 0.113. The predicted octanol–water partition coefficient (Wildman–Crippen LogP) is 4.00. The number of anilines is 2. The van der Waals surface area contributed by atoms with Gasteiger partial charge in [0.15, 0.2) is 5.69 Å². The Morgan fingerprint density at radius 2 is 1.76 bits per heavy atom. The lowest BCUT2D eigenvalue weighted by Crippen LogP contribution is -2.46. The number of hydrogen-bond acceptors (Lipinski definition) is 7. The van der Waals surface area contributed by atoms with Crippen molar-refractivity contribution in [3.63, 3.8) is 0 Å². The fourth-order valence-electron chi connectivity index (χ4n) is 4.38. The average molecular weight is 548 g/mol. The zero-order valence-electron chi connectivity index (χ0n) is 19.9. The third kappa shape index (κ3) is 5.57. The Labute approximate surface area is 219 Å². The van der Waals surface area contributed by atoms with Crippen LogP contribution >= 0.6 is 11.5 Å². The number of nitrogens with zero attached hydrogens (tertiary/aromatic N) is 2. The van der Waals surface area contributed by atoms with E-state index >= 15 is 0 Å². The van der Waals surface area contributed by atoms with Gasteiger partial charge in [-0.25, -0.2) is 0 Å². The average Bonchev–Trinajstić information content (AvgIpc) is 3.52. The first-order valence-corrected chi connectivity index (χ1v) is 12.4. The summed E-state index contributed by atoms with van der Waals surface area (Å²) in [5.74, 6) is -2.69. The van der Waals surface area contributed by atoms with Crippen LogP contribution < -0.4 is 21.7 Å². The molecule has 2 aromatic carbocycles. The van der Waals surface area contributed by atoms with E-state index in [0.29, 0.717) is 11.5 Å². The van der Waals surface area contributed by atoms with Crippen LogP contribution in [0.5, 0.6) is 5.75 Å². The van der Waals surface area contributed by atoms with Crippen LogP contribution in [0.4, 0.5) is 24.5 Å². The van der Waals surface area contributed by atoms with Crippen molar-refractivity contribution in [1.82, 2.24) is 9.69 Å². The molecule has 3 amide bonds. The summed E-state index contributed by atoms with van der Waals surface area (Å²) in [6.07, 6.45) is -1.49. The molecule has 1 aromatic heterocycles. The summed E-state index contributed by atoms with van der Waals surface area (Å²) < 4.78 is 44.7. The molecule has 0 aliphatic heterocycles. The first-order valence-electron chi connectivity index (χ1n) is 11.6. The number of benzene rings is 2. The number of carbonyl (C=O) groups is 3. The summed E-state index contributed by atoms with van der Waals surface area (Å²) in [5.41, 5.74) is 9.49. The Kier molecular flexibility index (Phi) is 7.58. The summed E-state index contributed by atoms with van der Waals surface area (Å²) in [5, 5.41) is 12.7. The molecule has 3 aromatic rings. The van der Waals surface area contributed by atoms with Gasteiger partial charge in [-0.3, -0.25) is 19.3 Å². The number of phenols is 1. The van der Waals surface area contributed by atoms with E-state index in [1.54, 1.807) is 0 Å². The summed E-state index contributed by atoms with van der Waals surface area (Å²) in [7, 11) is 0. The molecule has 1 aliphatic carbocycles. The molecule has 1 unspecified atom stereocenters. The standard InChI is InChI=1S/C25H24F3N5O4S/c26-25(27,28)14-4-3-7-16(12-14)33(24(37)21-18(29)19(22(30)35)32-38-21)20(13-8-10-17(34)11-9-13)23(36)31-15-5-1-2-6-15/h3-4,7-12,15,20,34H,1-2,5-6,29H2,(H2,30,35)(H,31,36). The van der Waals surface area contributed by atoms with Crippen molar-refractivity contribution in [3.05, 3.63) is 70.2 Å². The number of aromatic nitrogens is 1. The van der Waals surface area contributed by atoms with Gasteiger partial charge in [0, 0.05) is 11.7 Å². The van der Waals surface area contributed by atoms with Gasteiger partial charge in [-0.15, -0.1) is 0 Å². The van der Waals surface area contributed by atoms with Crippen molar-refractivity contribution in [2.75, 3.05) is 10.6 Å². The topological polar surface area (TPSA) is 152 Å². The molecule has 9 nitrogen and oxygen atoms in total. The van der Waals surface area contributed by atoms with Gasteiger partial charge in [-0.1, -0.05) is 31.0 Å². The maximum absolute atomic E-state index is 13.9. The quantitative estimate of drug-likeness (QED) is 0.351. The van der Waals surface area contributed by atoms with Crippen LogP contribution in [-0.4, -0.2) is 33.2 Å². The van der Waals surface area contributed by atoms with E-state index in [4.69, 9.17) is 11.5 Å². The van der Waals surface area contributed by atoms with Gasteiger partial charge in [0.25, 0.3) is 11.8 Å². The van der Waals surface area contributed by atoms with Crippen molar-refractivity contribution in [2.45, 2.75) is 43.9 Å². The fourth-order valence-corrected chi connectivity index (χ4v) is 5.12. The number of nitrogen functional groups attached to an aromatic ring is 1. The largest absolute Gasteiger partial charge is 0.508 e. The Balaban J connectivity index is 1.90. The molecule has 200 valence electrons. The number of amides is 3. The number of nitrogens with one attached hydrogen (secondary N) is 1. The molecule has 0 saturated heterocycles. The maximum atomic E-state index is 13.9. The highest BCUT2D eigenvalue weighted by Gasteiger charge is 2.38. The summed E-state index contributed by atoms with van der Waals surface area (Å²) in [6.45, 7) is 0. The van der Waals surface area contributed by atoms with Crippen molar-refractivity contribution in [1.29, 1.82) is 0 Å². The molecule has 1 aliphatic rings. The molecule has 0 radical (unpaired) electrons. The summed E-state index contributed by atoms with van der Waals surface area (Å²) in [6, 6.07) is 7.73. The Morgan fingerprint density at radius 3 is 2.34 bits per heavy atom. The van der Waals surface area contributed by atoms with Gasteiger partial charge in [0.2, 0.25) is 5.91 Å². The lowest BCUT2D eigenvalue weighted by atomic mass is 10.0. The van der Waals surface area contributed by atoms with E-state index in [-0.39, 0.29) is 39.3 Å². The molecule has 13 heteroatoms. The van der Waals surface area contributed by atoms with Crippen LogP contribution in [0.2, 0.25) is 0 Å². The SMILES string of the molecule is NC(=O)c1nsc(C(=O)N(c2cccc(C(F)(F)F)c2)C(C(=O)NC2CCCC2)c2ccc(O)cc2)c1N. The molecule has 0 bridgehead atoms. The first kappa shape index (κ1) is 26.9. The number of carbonyl (C=O) groups excluding carboxylic acids is 3. The highest BCUT2D eigenvalue weighted by atomic mass is 32.1. The predicted molar refractivity (Wildman–Crippen MR) is 135 cm³/mol. The van der Waals surface area contributed by atoms with Crippen LogP contribution in [0.3, 0.4) is 0 Å². The summed E-state index contributed by atoms with van der Waals surface area (Å²) >= 11 is 0.544. The van der Waals surface area contributed by atoms with Gasteiger partial charge in [0.05, 0.1) is 11.3 Å². The Hall–Kier alpha value is -4.13. The number of halogens is 3. The number of primary amides is 1. The normalized spacial score (nSPS) is 14.7. The number of phenolic OH excluding ortho intramolecular Hbond substituents is 1. The van der Waals surface area contributed by atoms with E-state index in [2.05, 4.69) is 9.69 Å². The van der Waals surface area contributed by atoms with Crippen LogP contribution in [0.15, 0.2) is 48.5 Å². The molecule has 4 rings (SSSR count). The number of aromatic hydroxyl groups is 1. The van der Waals surface area contributed by atoms with Crippen LogP contribution in [-0.2, 0) is 11.0 Å². The molecular formula is C25H24F3N5O4S. The van der Waals surface area contributed by atoms with E-state index < -0.39 is 35.5 Å². The second kappa shape index (κ2) is 10.7. The summed E-state index contributed by atoms with van der Waals surface area (Å²) in [4.78, 5) is 40.0. The number of hydrogen-bond donors (Lipinski definition) is 4. The number of rotatable bonds is 7. The molecule has 1 fully saturated rings. The van der Waals surface area contributed by atoms with E-state index in [1.807, 2.05) is 0 Å². The second-order valence-electron chi connectivity index (χ2n) is 8.85. The second-order valence-corrected chi connectivity index (χ2v) is 9.62. The zero-order valence-corrected chi connectivity index (χ0v) is 20.7. The number of alkyl halides is 3. The highest BCUT2D eigenvalue weighted by Crippen LogP contribution is 2.37. The maximum Gasteiger partial charge on any atom is 0.416 e. The van der Waals surface area contributed by atoms with Gasteiger partial charge in [0.1, 0.15) is 16.7 Å². The third-order valence-corrected chi connectivity index (χ3v) is 7.09. The molecule has 1 saturated carbocycles. The lowest BCUT2D eigenvalue weighted by molar-refractivity contribution is -0.137. The zero-order chi connectivity index (χ0) is 27.6. The molecule has 0 spiro atoms. The molecule has 1 heterocycles. The van der Waals surface area contributed by atoms with Gasteiger partial charge >= 0.3 is 6.18 Å². The van der Waals surface area contributed by atoms with E-state index in [1.165, 1.54) is 30.3 Å². The van der Waals surface area contributed by atoms with Gasteiger partial charge in [-0.2, -0.15) is 17.5 Å². The third-order valence-electron chi connectivity index (χ3n) is 6.24. The first-order chi connectivity index (χ1) is 18.0. The van der Waals surface area contributed by atoms with Crippen molar-refractivity contribution < 1.29 is 32.7 Å². The smallest absolute Gasteiger partial charge is 0.416 e.